The highest BCUT2D eigenvalue weighted by atomic mass is 32.1. The Hall–Kier alpha value is -2.86. The van der Waals surface area contributed by atoms with E-state index < -0.39 is 0 Å². The summed E-state index contributed by atoms with van der Waals surface area (Å²) in [7, 11) is 0. The highest BCUT2D eigenvalue weighted by Crippen LogP contribution is 2.12. The van der Waals surface area contributed by atoms with Crippen molar-refractivity contribution in [1.29, 1.82) is 0 Å². The lowest BCUT2D eigenvalue weighted by Gasteiger charge is -2.01. The van der Waals surface area contributed by atoms with E-state index in [1.165, 1.54) is 6.21 Å². The second-order valence-electron chi connectivity index (χ2n) is 4.58. The van der Waals surface area contributed by atoms with E-state index in [-0.39, 0.29) is 5.91 Å². The maximum absolute atomic E-state index is 11.8. The minimum absolute atomic E-state index is 0.297. The molecule has 3 rings (SSSR count). The molecule has 1 amide bonds. The number of hydrogen-bond acceptors (Lipinski definition) is 4. The molecule has 22 heavy (non-hydrogen) atoms. The molecule has 0 bridgehead atoms. The maximum Gasteiger partial charge on any atom is 0.271 e. The number of hydrazone groups is 1. The Kier molecular flexibility index (Phi) is 4.02. The molecular weight excluding hydrogens is 296 g/mol. The Labute approximate surface area is 131 Å². The van der Waals surface area contributed by atoms with Gasteiger partial charge in [0, 0.05) is 29.0 Å². The van der Waals surface area contributed by atoms with Crippen LogP contribution in [0.2, 0.25) is 0 Å². The van der Waals surface area contributed by atoms with Crippen molar-refractivity contribution in [3.63, 3.8) is 0 Å². The van der Waals surface area contributed by atoms with Gasteiger partial charge < -0.3 is 4.98 Å². The highest BCUT2D eigenvalue weighted by Gasteiger charge is 2.02. The van der Waals surface area contributed by atoms with Crippen molar-refractivity contribution < 1.29 is 4.79 Å². The zero-order chi connectivity index (χ0) is 15.4. The number of nitrogens with zero attached hydrogens (tertiary/aromatic N) is 2. The van der Waals surface area contributed by atoms with Crippen molar-refractivity contribution in [2.75, 3.05) is 0 Å². The van der Waals surface area contributed by atoms with Crippen LogP contribution >= 0.6 is 12.2 Å². The first kappa shape index (κ1) is 14.1. The molecule has 0 aliphatic heterocycles. The van der Waals surface area contributed by atoms with Crippen molar-refractivity contribution in [3.05, 3.63) is 70.6 Å². The number of pyridine rings is 2. The third-order valence-corrected chi connectivity index (χ3v) is 3.43. The molecule has 0 aliphatic rings. The van der Waals surface area contributed by atoms with Crippen LogP contribution in [0.15, 0.2) is 60.0 Å². The van der Waals surface area contributed by atoms with Gasteiger partial charge in [-0.2, -0.15) is 5.10 Å². The van der Waals surface area contributed by atoms with Gasteiger partial charge in [-0.05, 0) is 29.7 Å². The first-order valence-corrected chi connectivity index (χ1v) is 7.00. The maximum atomic E-state index is 11.8. The molecule has 2 aromatic heterocycles. The second kappa shape index (κ2) is 6.28. The molecule has 1 aromatic carbocycles. The topological polar surface area (TPSA) is 70.1 Å². The zero-order valence-electron chi connectivity index (χ0n) is 11.5. The largest absolute Gasteiger partial charge is 0.346 e. The quantitative estimate of drug-likeness (QED) is 0.444. The van der Waals surface area contributed by atoms with Crippen LogP contribution in [0.25, 0.3) is 10.9 Å². The van der Waals surface area contributed by atoms with Crippen LogP contribution in [-0.2, 0) is 0 Å². The summed E-state index contributed by atoms with van der Waals surface area (Å²) in [6.45, 7) is 0. The number of rotatable bonds is 3. The van der Waals surface area contributed by atoms with Crippen LogP contribution in [-0.4, -0.2) is 22.1 Å². The van der Waals surface area contributed by atoms with Crippen molar-refractivity contribution in [1.82, 2.24) is 15.4 Å². The van der Waals surface area contributed by atoms with Gasteiger partial charge in [-0.25, -0.2) is 5.43 Å². The van der Waals surface area contributed by atoms with Crippen LogP contribution in [0.5, 0.6) is 0 Å². The molecule has 0 spiro atoms. The molecule has 5 nitrogen and oxygen atoms in total. The molecule has 0 saturated carbocycles. The summed E-state index contributed by atoms with van der Waals surface area (Å²) in [5, 5.41) is 4.98. The van der Waals surface area contributed by atoms with Crippen molar-refractivity contribution in [3.8, 4) is 0 Å². The lowest BCUT2D eigenvalue weighted by atomic mass is 10.2. The molecule has 3 aromatic rings. The van der Waals surface area contributed by atoms with Crippen LogP contribution in [0, 0.1) is 4.64 Å². The van der Waals surface area contributed by atoms with E-state index in [0.29, 0.717) is 10.2 Å². The first-order valence-electron chi connectivity index (χ1n) is 6.59. The highest BCUT2D eigenvalue weighted by molar-refractivity contribution is 7.71. The number of aromatic nitrogens is 2. The Morgan fingerprint density at radius 2 is 2.00 bits per heavy atom. The Balaban J connectivity index is 1.80. The summed E-state index contributed by atoms with van der Waals surface area (Å²) in [6, 6.07) is 13.0. The fourth-order valence-corrected chi connectivity index (χ4v) is 2.21. The van der Waals surface area contributed by atoms with Gasteiger partial charge in [0.25, 0.3) is 5.91 Å². The SMILES string of the molecule is O=C(N/N=C/c1cc2ccccc2[nH]c1=S)c1ccncc1. The number of carbonyl (C=O) groups is 1. The Morgan fingerprint density at radius 3 is 2.82 bits per heavy atom. The number of amides is 1. The lowest BCUT2D eigenvalue weighted by molar-refractivity contribution is 0.0955. The van der Waals surface area contributed by atoms with E-state index in [4.69, 9.17) is 12.2 Å². The number of fused-ring (bicyclic) bond motifs is 1. The van der Waals surface area contributed by atoms with Gasteiger partial charge in [0.2, 0.25) is 0 Å². The average Bonchev–Trinajstić information content (AvgIpc) is 2.56. The lowest BCUT2D eigenvalue weighted by Crippen LogP contribution is -2.17. The molecular formula is C16H12N4OS. The minimum atomic E-state index is -0.297. The Morgan fingerprint density at radius 1 is 1.23 bits per heavy atom. The number of nitrogens with one attached hydrogen (secondary N) is 2. The third-order valence-electron chi connectivity index (χ3n) is 3.09. The number of para-hydroxylation sites is 1. The van der Waals surface area contributed by atoms with Gasteiger partial charge >= 0.3 is 0 Å². The van der Waals surface area contributed by atoms with E-state index in [2.05, 4.69) is 20.5 Å². The van der Waals surface area contributed by atoms with Crippen molar-refractivity contribution in [2.45, 2.75) is 0 Å². The molecule has 108 valence electrons. The summed E-state index contributed by atoms with van der Waals surface area (Å²) in [5.74, 6) is -0.297. The number of aromatic amines is 1. The summed E-state index contributed by atoms with van der Waals surface area (Å²) in [4.78, 5) is 18.8. The monoisotopic (exact) mass is 308 g/mol. The molecule has 0 fully saturated rings. The normalized spacial score (nSPS) is 10.9. The molecule has 0 saturated heterocycles. The van der Waals surface area contributed by atoms with E-state index in [1.807, 2.05) is 30.3 Å². The number of hydrogen-bond donors (Lipinski definition) is 2. The predicted octanol–water partition coefficient (Wildman–Crippen LogP) is 3.06. The third kappa shape index (κ3) is 3.07. The molecule has 2 N–H and O–H groups in total. The summed E-state index contributed by atoms with van der Waals surface area (Å²) >= 11 is 5.28. The van der Waals surface area contributed by atoms with E-state index in [9.17, 15) is 4.79 Å². The van der Waals surface area contributed by atoms with Gasteiger partial charge in [-0.3, -0.25) is 9.78 Å². The predicted molar refractivity (Wildman–Crippen MR) is 88.4 cm³/mol. The molecule has 0 radical (unpaired) electrons. The summed E-state index contributed by atoms with van der Waals surface area (Å²) in [5.41, 5.74) is 4.66. The van der Waals surface area contributed by atoms with Crippen molar-refractivity contribution >= 4 is 35.2 Å². The minimum Gasteiger partial charge on any atom is -0.346 e. The second-order valence-corrected chi connectivity index (χ2v) is 4.98. The Bertz CT molecular complexity index is 903. The zero-order valence-corrected chi connectivity index (χ0v) is 12.3. The smallest absolute Gasteiger partial charge is 0.271 e. The molecule has 0 unspecified atom stereocenters. The average molecular weight is 308 g/mol. The molecule has 0 aliphatic carbocycles. The molecule has 6 heteroatoms. The van der Waals surface area contributed by atoms with E-state index >= 15 is 0 Å². The van der Waals surface area contributed by atoms with E-state index in [1.54, 1.807) is 24.5 Å². The van der Waals surface area contributed by atoms with Gasteiger partial charge in [0.15, 0.2) is 0 Å². The molecule has 2 heterocycles. The van der Waals surface area contributed by atoms with E-state index in [0.717, 1.165) is 16.5 Å². The van der Waals surface area contributed by atoms with Crippen molar-refractivity contribution in [2.24, 2.45) is 5.10 Å². The van der Waals surface area contributed by atoms with Crippen LogP contribution in [0.3, 0.4) is 0 Å². The first-order chi connectivity index (χ1) is 10.7. The number of benzene rings is 1. The van der Waals surface area contributed by atoms with Gasteiger partial charge in [0.05, 0.1) is 6.21 Å². The van der Waals surface area contributed by atoms with Crippen LogP contribution in [0.1, 0.15) is 15.9 Å². The van der Waals surface area contributed by atoms with Gasteiger partial charge in [-0.15, -0.1) is 0 Å². The number of carbonyl (C=O) groups excluding carboxylic acids is 1. The van der Waals surface area contributed by atoms with Crippen LogP contribution in [0.4, 0.5) is 0 Å². The van der Waals surface area contributed by atoms with Crippen LogP contribution < -0.4 is 5.43 Å². The fourth-order valence-electron chi connectivity index (χ4n) is 1.99. The van der Waals surface area contributed by atoms with Gasteiger partial charge in [-0.1, -0.05) is 30.4 Å². The van der Waals surface area contributed by atoms with Gasteiger partial charge in [0.1, 0.15) is 4.64 Å². The summed E-state index contributed by atoms with van der Waals surface area (Å²) in [6.07, 6.45) is 4.64. The molecule has 0 atom stereocenters. The fraction of sp³-hybridized carbons (Fsp3) is 0. The number of H-pyrrole nitrogens is 1. The standard InChI is InChI=1S/C16H12N4OS/c21-15(11-5-7-17-8-6-11)20-18-10-13-9-12-3-1-2-4-14(12)19-16(13)22/h1-10H,(H,19,22)(H,20,21)/b18-10+. The summed E-state index contributed by atoms with van der Waals surface area (Å²) < 4.78 is 0.570.